The van der Waals surface area contributed by atoms with Crippen molar-refractivity contribution in [1.82, 2.24) is 5.32 Å². The molecule has 0 heterocycles. The maximum absolute atomic E-state index is 11.5. The molecule has 96 valence electrons. The summed E-state index contributed by atoms with van der Waals surface area (Å²) in [7, 11) is 0. The molecular weight excluding hydrogens is 206 g/mol. The molecule has 16 heavy (non-hydrogen) atoms. The summed E-state index contributed by atoms with van der Waals surface area (Å²) in [5, 5.41) is 12.5. The Hall–Kier alpha value is -0.770. The molecule has 0 radical (unpaired) electrons. The van der Waals surface area contributed by atoms with E-state index in [4.69, 9.17) is 4.74 Å². The molecule has 2 atom stereocenters. The average Bonchev–Trinajstić information content (AvgIpc) is 2.09. The smallest absolute Gasteiger partial charge is 0.407 e. The number of alkyl carbamates (subject to hydrolysis) is 1. The zero-order chi connectivity index (χ0) is 12.9. The molecule has 0 aliphatic heterocycles. The second-order valence-electron chi connectivity index (χ2n) is 5.39. The maximum atomic E-state index is 11.5. The summed E-state index contributed by atoms with van der Waals surface area (Å²) in [5.74, 6) is 0.169. The number of carbonyl (C=O) groups excluding carboxylic acids is 1. The zero-order valence-corrected chi connectivity index (χ0v) is 11.2. The minimum Gasteiger partial charge on any atom is -0.444 e. The first-order valence-electron chi connectivity index (χ1n) is 5.85. The lowest BCUT2D eigenvalue weighted by molar-refractivity contribution is 0.0370. The van der Waals surface area contributed by atoms with Crippen LogP contribution in [0.1, 0.15) is 48.0 Å². The highest BCUT2D eigenvalue weighted by Crippen LogP contribution is 2.12. The lowest BCUT2D eigenvalue weighted by Crippen LogP contribution is -2.48. The second-order valence-corrected chi connectivity index (χ2v) is 5.39. The minimum absolute atomic E-state index is 0.169. The van der Waals surface area contributed by atoms with Crippen molar-refractivity contribution in [3.8, 4) is 0 Å². The Morgan fingerprint density at radius 1 is 1.38 bits per heavy atom. The predicted octanol–water partition coefficient (Wildman–Crippen LogP) is 2.31. The van der Waals surface area contributed by atoms with Crippen molar-refractivity contribution < 1.29 is 14.6 Å². The van der Waals surface area contributed by atoms with E-state index < -0.39 is 17.8 Å². The van der Waals surface area contributed by atoms with Crippen LogP contribution in [-0.4, -0.2) is 28.9 Å². The summed E-state index contributed by atoms with van der Waals surface area (Å²) in [6.07, 6.45) is -0.398. The van der Waals surface area contributed by atoms with E-state index in [0.717, 1.165) is 0 Å². The van der Waals surface area contributed by atoms with Gasteiger partial charge in [-0.05, 0) is 33.1 Å². The van der Waals surface area contributed by atoms with Gasteiger partial charge in [-0.15, -0.1) is 0 Å². The molecule has 2 N–H and O–H groups in total. The van der Waals surface area contributed by atoms with Crippen molar-refractivity contribution in [2.45, 2.75) is 65.7 Å². The van der Waals surface area contributed by atoms with Crippen LogP contribution in [0.4, 0.5) is 4.79 Å². The van der Waals surface area contributed by atoms with E-state index in [2.05, 4.69) is 5.32 Å². The molecule has 0 aliphatic rings. The molecule has 0 spiro atoms. The van der Waals surface area contributed by atoms with Crippen molar-refractivity contribution in [3.63, 3.8) is 0 Å². The average molecular weight is 231 g/mol. The summed E-state index contributed by atoms with van der Waals surface area (Å²) in [4.78, 5) is 11.5. The number of hydrogen-bond acceptors (Lipinski definition) is 3. The summed E-state index contributed by atoms with van der Waals surface area (Å²) in [5.41, 5.74) is -0.511. The molecular formula is C12H25NO3. The highest BCUT2D eigenvalue weighted by Gasteiger charge is 2.25. The molecule has 0 saturated heterocycles. The standard InChI is InChI=1S/C12H25NO3/c1-7-9(14)10(8(2)3)13-11(15)16-12(4,5)6/h8-10,14H,7H2,1-6H3,(H,13,15)/t9-,10+/m0/s1. The first kappa shape index (κ1) is 15.2. The summed E-state index contributed by atoms with van der Waals surface area (Å²) >= 11 is 0. The fourth-order valence-corrected chi connectivity index (χ4v) is 1.40. The maximum Gasteiger partial charge on any atom is 0.407 e. The van der Waals surface area contributed by atoms with Gasteiger partial charge in [0.25, 0.3) is 0 Å². The van der Waals surface area contributed by atoms with Gasteiger partial charge in [0.05, 0.1) is 12.1 Å². The highest BCUT2D eigenvalue weighted by atomic mass is 16.6. The number of hydrogen-bond donors (Lipinski definition) is 2. The molecule has 1 amide bonds. The Kier molecular flexibility index (Phi) is 5.79. The van der Waals surface area contributed by atoms with Crippen molar-refractivity contribution in [2.75, 3.05) is 0 Å². The van der Waals surface area contributed by atoms with Crippen LogP contribution >= 0.6 is 0 Å². The van der Waals surface area contributed by atoms with Crippen molar-refractivity contribution >= 4 is 6.09 Å². The van der Waals surface area contributed by atoms with Gasteiger partial charge < -0.3 is 15.2 Å². The van der Waals surface area contributed by atoms with E-state index in [9.17, 15) is 9.90 Å². The molecule has 0 fully saturated rings. The lowest BCUT2D eigenvalue weighted by atomic mass is 9.97. The third-order valence-electron chi connectivity index (χ3n) is 2.23. The van der Waals surface area contributed by atoms with Gasteiger partial charge in [-0.25, -0.2) is 4.79 Å². The number of aliphatic hydroxyl groups is 1. The highest BCUT2D eigenvalue weighted by molar-refractivity contribution is 5.68. The van der Waals surface area contributed by atoms with Crippen LogP contribution in [0.25, 0.3) is 0 Å². The van der Waals surface area contributed by atoms with Gasteiger partial charge in [-0.3, -0.25) is 0 Å². The Bertz CT molecular complexity index is 221. The normalized spacial score (nSPS) is 15.8. The van der Waals surface area contributed by atoms with Gasteiger partial charge >= 0.3 is 6.09 Å². The molecule has 0 aromatic carbocycles. The molecule has 4 heteroatoms. The van der Waals surface area contributed by atoms with Crippen LogP contribution in [0, 0.1) is 5.92 Å². The van der Waals surface area contributed by atoms with Gasteiger partial charge in [0, 0.05) is 0 Å². The first-order valence-corrected chi connectivity index (χ1v) is 5.85. The van der Waals surface area contributed by atoms with Crippen LogP contribution in [0.2, 0.25) is 0 Å². The SMILES string of the molecule is CC[C@H](O)[C@H](NC(=O)OC(C)(C)C)C(C)C. The van der Waals surface area contributed by atoms with Crippen LogP contribution in [0.5, 0.6) is 0 Å². The van der Waals surface area contributed by atoms with Crippen LogP contribution in [0.3, 0.4) is 0 Å². The fourth-order valence-electron chi connectivity index (χ4n) is 1.40. The Balaban J connectivity index is 4.36. The van der Waals surface area contributed by atoms with E-state index in [1.807, 2.05) is 41.5 Å². The molecule has 4 nitrogen and oxygen atoms in total. The number of amides is 1. The van der Waals surface area contributed by atoms with E-state index >= 15 is 0 Å². The quantitative estimate of drug-likeness (QED) is 0.780. The fraction of sp³-hybridized carbons (Fsp3) is 0.917. The molecule has 0 rings (SSSR count). The van der Waals surface area contributed by atoms with Gasteiger partial charge in [0.2, 0.25) is 0 Å². The van der Waals surface area contributed by atoms with Crippen LogP contribution in [-0.2, 0) is 4.74 Å². The summed E-state index contributed by atoms with van der Waals surface area (Å²) in [6, 6.07) is -0.264. The molecule has 0 unspecified atom stereocenters. The third-order valence-corrected chi connectivity index (χ3v) is 2.23. The largest absolute Gasteiger partial charge is 0.444 e. The topological polar surface area (TPSA) is 58.6 Å². The number of rotatable bonds is 4. The van der Waals surface area contributed by atoms with Gasteiger partial charge in [-0.1, -0.05) is 20.8 Å². The summed E-state index contributed by atoms with van der Waals surface area (Å²) < 4.78 is 5.15. The Labute approximate surface area is 98.4 Å². The zero-order valence-electron chi connectivity index (χ0n) is 11.2. The Morgan fingerprint density at radius 3 is 2.19 bits per heavy atom. The molecule has 0 aromatic heterocycles. The predicted molar refractivity (Wildman–Crippen MR) is 64.3 cm³/mol. The molecule has 0 aromatic rings. The first-order chi connectivity index (χ1) is 7.17. The molecule has 0 aliphatic carbocycles. The van der Waals surface area contributed by atoms with Gasteiger partial charge in [-0.2, -0.15) is 0 Å². The van der Waals surface area contributed by atoms with Gasteiger partial charge in [0.15, 0.2) is 0 Å². The van der Waals surface area contributed by atoms with Crippen molar-refractivity contribution in [2.24, 2.45) is 5.92 Å². The minimum atomic E-state index is -0.535. The van der Waals surface area contributed by atoms with Crippen molar-refractivity contribution in [1.29, 1.82) is 0 Å². The van der Waals surface area contributed by atoms with Crippen LogP contribution < -0.4 is 5.32 Å². The number of ether oxygens (including phenoxy) is 1. The molecule has 0 bridgehead atoms. The molecule has 0 saturated carbocycles. The van der Waals surface area contributed by atoms with E-state index in [1.165, 1.54) is 0 Å². The lowest BCUT2D eigenvalue weighted by Gasteiger charge is -2.28. The number of aliphatic hydroxyl groups excluding tert-OH is 1. The van der Waals surface area contributed by atoms with E-state index in [0.29, 0.717) is 6.42 Å². The second kappa shape index (κ2) is 6.09. The third kappa shape index (κ3) is 5.95. The van der Waals surface area contributed by atoms with E-state index in [1.54, 1.807) is 0 Å². The number of carbonyl (C=O) groups is 1. The van der Waals surface area contributed by atoms with Crippen molar-refractivity contribution in [3.05, 3.63) is 0 Å². The summed E-state index contributed by atoms with van der Waals surface area (Å²) in [6.45, 7) is 11.2. The van der Waals surface area contributed by atoms with Gasteiger partial charge in [0.1, 0.15) is 5.60 Å². The van der Waals surface area contributed by atoms with Crippen LogP contribution in [0.15, 0.2) is 0 Å². The van der Waals surface area contributed by atoms with E-state index in [-0.39, 0.29) is 12.0 Å². The number of nitrogens with one attached hydrogen (secondary N) is 1. The Morgan fingerprint density at radius 2 is 1.88 bits per heavy atom. The monoisotopic (exact) mass is 231 g/mol.